The fraction of sp³-hybridized carbons (Fsp3) is 0.516. The number of piperidine rings is 4. The zero-order chi connectivity index (χ0) is 81.3. The van der Waals surface area contributed by atoms with Crippen molar-refractivity contribution < 1.29 is 49.3 Å². The Balaban J connectivity index is -0.000000515. The van der Waals surface area contributed by atoms with Crippen LogP contribution in [0.25, 0.3) is 67.3 Å². The van der Waals surface area contributed by atoms with Crippen molar-refractivity contribution in [3.8, 4) is 40.1 Å². The van der Waals surface area contributed by atoms with E-state index in [0.29, 0.717) is 186 Å². The molecular weight excluding hydrogens is 1670 g/mol. The molecule has 30 nitrogen and oxygen atoms in total. The van der Waals surface area contributed by atoms with Gasteiger partial charge in [-0.15, -0.1) is 12.4 Å². The second-order valence-corrected chi connectivity index (χ2v) is 30.7. The van der Waals surface area contributed by atoms with Crippen molar-refractivity contribution in [2.45, 2.75) is 202 Å². The number of ether oxygens (including phenoxy) is 2. The summed E-state index contributed by atoms with van der Waals surface area (Å²) in [6.07, 6.45) is 6.44. The number of aromatic amines is 3. The number of amides is 7. The maximum Gasteiger partial charge on any atom is 0.336 e. The second kappa shape index (κ2) is 59.3. The fourth-order valence-corrected chi connectivity index (χ4v) is 13.6. The smallest absolute Gasteiger partial charge is 0.336 e. The lowest BCUT2D eigenvalue weighted by atomic mass is 9.82. The minimum Gasteiger partial charge on any atom is -0.368 e. The summed E-state index contributed by atoms with van der Waals surface area (Å²) >= 11 is 4.35. The van der Waals surface area contributed by atoms with Gasteiger partial charge in [0.25, 0.3) is 17.7 Å². The Labute approximate surface area is 772 Å². The number of likely N-dealkylation sites (tertiary alicyclic amines) is 4. The van der Waals surface area contributed by atoms with E-state index in [2.05, 4.69) is 94.4 Å². The van der Waals surface area contributed by atoms with E-state index < -0.39 is 5.79 Å². The van der Waals surface area contributed by atoms with Crippen molar-refractivity contribution >= 4 is 136 Å². The Morgan fingerprint density at radius 1 is 0.496 bits per heavy atom. The SMILES string of the molecule is C.C.C.C.C.C.C.C.C.C.C.C.CC(=O)NCCNc1nc(-c2ccccc2)nc2[nH]c(C(=O)N3CCC(C)(C)CC3)cc12.CC(=O)NCCNc1nc(-c2ccccc2)nc2[nH]c(C(=O)N3CCC(C)CC3)cc12.CC(=O)NCCNc1nc(-c2ccccc2)nc2[nH]c(C(=O)N3CCC4(CC3)OCCO4)cc12.CC(C)C(=O)N1CCC(=O)CC1.Cl.N#C[B]P=S.[HH]. The Hall–Kier alpha value is -10.8. The molecule has 5 aliphatic rings. The van der Waals surface area contributed by atoms with Gasteiger partial charge in [0.15, 0.2) is 23.3 Å². The molecule has 11 heterocycles. The van der Waals surface area contributed by atoms with Gasteiger partial charge in [-0.2, -0.15) is 0 Å². The Morgan fingerprint density at radius 3 is 1.09 bits per heavy atom. The van der Waals surface area contributed by atoms with E-state index in [-0.39, 0.29) is 161 Å². The molecule has 5 saturated heterocycles. The summed E-state index contributed by atoms with van der Waals surface area (Å²) < 4.78 is 11.5. The molecule has 0 bridgehead atoms. The number of benzene rings is 3. The molecule has 9 aromatic rings. The average molecular weight is 1820 g/mol. The molecule has 34 heteroatoms. The zero-order valence-electron chi connectivity index (χ0n) is 66.4. The summed E-state index contributed by atoms with van der Waals surface area (Å²) in [6.45, 7) is 25.9. The van der Waals surface area contributed by atoms with Crippen LogP contribution in [0.2, 0.25) is 0 Å². The molecule has 0 aliphatic carbocycles. The standard InChI is InChI=1S/C24H28N6O4.C24H30N6O2.C23H28N6O2.C9H15NO2.CBNPS.12CH4.ClH.H2/c1-16(31)25-9-10-26-21-18-15-19(23(32)30-11-7-24(8-12-30)33-13-14-34-24)27-22(18)29-20(28-21)17-5-3-2-4-6-17;1-16(31)25-11-12-26-21-18-15-19(23(32)30-13-9-24(2,3)10-14-30)27-22(18)29-20(28-21)17-7-5-4-6-8-17;1-15-8-12-29(13-9-15)23(31)19-14-18-21(25-11-10-24-16(2)30)27-20(28-22(18)26-19)17-6-4-3-5-7-17;1-7(2)9(12)10-5-3-8(11)4-6-10;3-1-2-4-5;;;;;;;;;;;;;;/h2-6,15H,7-14H2,1H3,(H,25,31)(H2,26,27,28,29);4-8,15H,9-14H2,1-3H3,(H,25,31)(H2,26,27,28,29);3-7,14-15H,8-13H2,1-2H3,(H,24,30)(H2,25,26,27,28);7H,3-6H2,1-2H3;;12*1H4;2*1H. The number of rotatable bonds is 20. The lowest BCUT2D eigenvalue weighted by Gasteiger charge is -2.37. The van der Waals surface area contributed by atoms with Gasteiger partial charge in [0.1, 0.15) is 57.3 Å². The van der Waals surface area contributed by atoms with Crippen molar-refractivity contribution in [2.24, 2.45) is 17.3 Å². The number of ketones is 1. The molecule has 0 atom stereocenters. The Kier molecular flexibility index (Phi) is 57.1. The third kappa shape index (κ3) is 35.0. The summed E-state index contributed by atoms with van der Waals surface area (Å²) in [5, 5.41) is 28.1. The number of carbonyl (C=O) groups excluding carboxylic acids is 8. The number of aromatic nitrogens is 9. The molecule has 3 aromatic carbocycles. The largest absolute Gasteiger partial charge is 0.368 e. The molecule has 1 radical (unpaired) electrons. The monoisotopic (exact) mass is 1820 g/mol. The lowest BCUT2D eigenvalue weighted by Crippen LogP contribution is -2.47. The van der Waals surface area contributed by atoms with E-state index in [0.717, 1.165) is 84.7 Å². The number of carbonyl (C=O) groups is 8. The van der Waals surface area contributed by atoms with Gasteiger partial charge in [-0.05, 0) is 55.2 Å². The van der Waals surface area contributed by atoms with E-state index in [1.807, 2.05) is 132 Å². The van der Waals surface area contributed by atoms with E-state index in [4.69, 9.17) is 29.7 Å². The van der Waals surface area contributed by atoms with Gasteiger partial charge in [-0.25, -0.2) is 35.2 Å². The van der Waals surface area contributed by atoms with Gasteiger partial charge >= 0.3 is 7.00 Å². The van der Waals surface area contributed by atoms with Crippen LogP contribution in [0.3, 0.4) is 0 Å². The first-order chi connectivity index (χ1) is 54.9. The number of H-pyrrole nitrogens is 3. The Bertz CT molecular complexity index is 4870. The van der Waals surface area contributed by atoms with Gasteiger partial charge in [0, 0.05) is 168 Å². The van der Waals surface area contributed by atoms with Crippen LogP contribution in [0, 0.1) is 28.5 Å². The van der Waals surface area contributed by atoms with Crippen LogP contribution in [-0.2, 0) is 45.3 Å². The number of anilines is 3. The molecule has 705 valence electrons. The summed E-state index contributed by atoms with van der Waals surface area (Å²) in [5.74, 6) is 5.62. The topological polar surface area (TPSA) is 389 Å². The molecule has 0 unspecified atom stereocenters. The minimum atomic E-state index is -0.529. The quantitative estimate of drug-likeness (QED) is 0.0194. The highest BCUT2D eigenvalue weighted by Crippen LogP contribution is 2.35. The van der Waals surface area contributed by atoms with Crippen LogP contribution < -0.4 is 31.9 Å². The van der Waals surface area contributed by atoms with Crippen LogP contribution in [-0.4, -0.2) is 229 Å². The molecule has 9 N–H and O–H groups in total. The van der Waals surface area contributed by atoms with Gasteiger partial charge in [0.2, 0.25) is 23.6 Å². The molecule has 5 fully saturated rings. The summed E-state index contributed by atoms with van der Waals surface area (Å²) in [5.41, 5.74) is 6.23. The van der Waals surface area contributed by atoms with Crippen molar-refractivity contribution in [3.05, 3.63) is 126 Å². The number of nitriles is 1. The highest BCUT2D eigenvalue weighted by molar-refractivity contribution is 8.09. The fourth-order valence-electron chi connectivity index (χ4n) is 13.4. The van der Waals surface area contributed by atoms with E-state index in [9.17, 15) is 38.4 Å². The van der Waals surface area contributed by atoms with Gasteiger partial charge < -0.3 is 75.9 Å². The average Bonchev–Trinajstić information content (AvgIpc) is 1.64. The zero-order valence-corrected chi connectivity index (χ0v) is 68.9. The number of hydrogen-bond acceptors (Lipinski definition) is 21. The van der Waals surface area contributed by atoms with E-state index in [1.165, 1.54) is 27.8 Å². The second-order valence-electron chi connectivity index (χ2n) is 29.6. The minimum absolute atomic E-state index is 0. The van der Waals surface area contributed by atoms with Crippen LogP contribution in [0.4, 0.5) is 17.5 Å². The third-order valence-electron chi connectivity index (χ3n) is 20.0. The van der Waals surface area contributed by atoms with Gasteiger partial charge in [-0.3, -0.25) is 38.4 Å². The Morgan fingerprint density at radius 2 is 0.803 bits per heavy atom. The van der Waals surface area contributed by atoms with Crippen LogP contribution in [0.5, 0.6) is 0 Å². The van der Waals surface area contributed by atoms with E-state index in [1.54, 1.807) is 16.9 Å². The molecule has 127 heavy (non-hydrogen) atoms. The van der Waals surface area contributed by atoms with Crippen molar-refractivity contribution in [3.63, 3.8) is 0 Å². The highest BCUT2D eigenvalue weighted by atomic mass is 35.5. The molecule has 1 spiro atoms. The summed E-state index contributed by atoms with van der Waals surface area (Å²) in [7, 11) is 0.627. The summed E-state index contributed by atoms with van der Waals surface area (Å²) in [6, 6.07) is 34.6. The van der Waals surface area contributed by atoms with Crippen LogP contribution >= 0.6 is 19.6 Å². The molecule has 0 saturated carbocycles. The normalized spacial score (nSPS) is 14.1. The predicted octanol–water partition coefficient (Wildman–Crippen LogP) is 18.3. The van der Waals surface area contributed by atoms with Gasteiger partial charge in [0.05, 0.1) is 29.4 Å². The number of halogens is 1. The van der Waals surface area contributed by atoms with Crippen molar-refractivity contribution in [1.29, 1.82) is 5.26 Å². The number of fused-ring (bicyclic) bond motifs is 3. The lowest BCUT2D eigenvalue weighted by molar-refractivity contribution is -0.181. The maximum absolute atomic E-state index is 13.3. The molecular formula is C93H152BClN20O10PS. The van der Waals surface area contributed by atoms with Crippen LogP contribution in [0.1, 0.15) is 229 Å². The number of Topliss-reactive ketones (excluding diaryl/α,β-unsaturated/α-hetero) is 1. The first-order valence-corrected chi connectivity index (χ1v) is 40.7. The first kappa shape index (κ1) is 122. The maximum atomic E-state index is 13.3. The summed E-state index contributed by atoms with van der Waals surface area (Å²) in [4.78, 5) is 140. The number of nitrogens with zero attached hydrogens (tertiary/aromatic N) is 11. The van der Waals surface area contributed by atoms with Crippen molar-refractivity contribution in [2.75, 3.05) is 121 Å². The third-order valence-corrected chi connectivity index (χ3v) is 20.5. The van der Waals surface area contributed by atoms with Gasteiger partial charge in [-0.1, -0.05) is 234 Å². The molecule has 7 amide bonds. The molecule has 5 aliphatic heterocycles. The molecule has 6 aromatic heterocycles. The first-order valence-electron chi connectivity index (χ1n) is 38.7. The number of nitrogens with one attached hydrogen (secondary N) is 9. The highest BCUT2D eigenvalue weighted by Gasteiger charge is 2.41. The number of hydrogen-bond donors (Lipinski definition) is 9. The van der Waals surface area contributed by atoms with Crippen LogP contribution in [0.15, 0.2) is 109 Å². The molecule has 14 rings (SSSR count). The van der Waals surface area contributed by atoms with E-state index >= 15 is 0 Å². The van der Waals surface area contributed by atoms with Crippen molar-refractivity contribution in [1.82, 2.24) is 80.4 Å². The predicted molar refractivity (Wildman–Crippen MR) is 534 cm³/mol.